The van der Waals surface area contributed by atoms with E-state index in [2.05, 4.69) is 15.3 Å². The lowest BCUT2D eigenvalue weighted by atomic mass is 10.1. The van der Waals surface area contributed by atoms with Crippen molar-refractivity contribution in [2.45, 2.75) is 26.2 Å². The van der Waals surface area contributed by atoms with Crippen molar-refractivity contribution >= 4 is 5.82 Å². The number of hydrogen-bond acceptors (Lipinski definition) is 4. The Kier molecular flexibility index (Phi) is 3.85. The molecule has 5 heteroatoms. The SMILES string of the molecule is CNCCc1nc(N)c(C(C)C)c(=O)[nH]1. The quantitative estimate of drug-likeness (QED) is 0.664. The lowest BCUT2D eigenvalue weighted by Crippen LogP contribution is -2.22. The Labute approximate surface area is 89.1 Å². The first kappa shape index (κ1) is 11.7. The number of aromatic nitrogens is 2. The fourth-order valence-corrected chi connectivity index (χ4v) is 1.47. The van der Waals surface area contributed by atoms with E-state index in [1.54, 1.807) is 0 Å². The van der Waals surface area contributed by atoms with Crippen LogP contribution in [0.4, 0.5) is 5.82 Å². The van der Waals surface area contributed by atoms with E-state index in [1.807, 2.05) is 20.9 Å². The van der Waals surface area contributed by atoms with Crippen molar-refractivity contribution < 1.29 is 0 Å². The standard InChI is InChI=1S/C10H18N4O/c1-6(2)8-9(11)13-7(4-5-12-3)14-10(8)15/h6,12H,4-5H2,1-3H3,(H3,11,13,14,15). The number of H-pyrrole nitrogens is 1. The highest BCUT2D eigenvalue weighted by Crippen LogP contribution is 2.14. The van der Waals surface area contributed by atoms with Crippen LogP contribution in [0.1, 0.15) is 31.2 Å². The Balaban J connectivity index is 3.03. The zero-order valence-electron chi connectivity index (χ0n) is 9.42. The lowest BCUT2D eigenvalue weighted by molar-refractivity contribution is 0.741. The van der Waals surface area contributed by atoms with E-state index in [0.717, 1.165) is 6.54 Å². The third kappa shape index (κ3) is 2.79. The van der Waals surface area contributed by atoms with E-state index in [0.29, 0.717) is 23.6 Å². The number of hydrogen-bond donors (Lipinski definition) is 3. The molecule has 0 spiro atoms. The summed E-state index contributed by atoms with van der Waals surface area (Å²) in [5.41, 5.74) is 6.19. The zero-order chi connectivity index (χ0) is 11.4. The highest BCUT2D eigenvalue weighted by atomic mass is 16.1. The Morgan fingerprint density at radius 3 is 2.67 bits per heavy atom. The summed E-state index contributed by atoms with van der Waals surface area (Å²) in [6, 6.07) is 0. The van der Waals surface area contributed by atoms with Crippen molar-refractivity contribution in [3.05, 3.63) is 21.7 Å². The fraction of sp³-hybridized carbons (Fsp3) is 0.600. The fourth-order valence-electron chi connectivity index (χ4n) is 1.47. The lowest BCUT2D eigenvalue weighted by Gasteiger charge is -2.08. The van der Waals surface area contributed by atoms with Gasteiger partial charge in [-0.25, -0.2) is 4.98 Å². The molecule has 84 valence electrons. The first-order valence-electron chi connectivity index (χ1n) is 5.09. The van der Waals surface area contributed by atoms with Crippen molar-refractivity contribution in [2.75, 3.05) is 19.3 Å². The number of nitrogens with zero attached hydrogens (tertiary/aromatic N) is 1. The first-order valence-corrected chi connectivity index (χ1v) is 5.09. The van der Waals surface area contributed by atoms with Gasteiger partial charge in [-0.05, 0) is 13.0 Å². The van der Waals surface area contributed by atoms with E-state index in [4.69, 9.17) is 5.73 Å². The van der Waals surface area contributed by atoms with Crippen LogP contribution in [0, 0.1) is 0 Å². The number of aromatic amines is 1. The summed E-state index contributed by atoms with van der Waals surface area (Å²) < 4.78 is 0. The van der Waals surface area contributed by atoms with Gasteiger partial charge in [-0.15, -0.1) is 0 Å². The summed E-state index contributed by atoms with van der Waals surface area (Å²) in [6.07, 6.45) is 0.675. The van der Waals surface area contributed by atoms with Gasteiger partial charge in [0.15, 0.2) is 0 Å². The minimum Gasteiger partial charge on any atom is -0.383 e. The molecule has 0 unspecified atom stereocenters. The van der Waals surface area contributed by atoms with E-state index >= 15 is 0 Å². The molecule has 0 amide bonds. The second-order valence-corrected chi connectivity index (χ2v) is 3.82. The van der Waals surface area contributed by atoms with Crippen molar-refractivity contribution in [3.63, 3.8) is 0 Å². The number of nitrogen functional groups attached to an aromatic ring is 1. The van der Waals surface area contributed by atoms with Crippen LogP contribution in [0.2, 0.25) is 0 Å². The molecule has 0 aliphatic carbocycles. The predicted octanol–water partition coefficient (Wildman–Crippen LogP) is 0.237. The average molecular weight is 210 g/mol. The van der Waals surface area contributed by atoms with Crippen LogP contribution < -0.4 is 16.6 Å². The van der Waals surface area contributed by atoms with Crippen LogP contribution in [0.15, 0.2) is 4.79 Å². The van der Waals surface area contributed by atoms with Crippen LogP contribution in [-0.2, 0) is 6.42 Å². The number of nitrogens with two attached hydrogens (primary N) is 1. The smallest absolute Gasteiger partial charge is 0.256 e. The van der Waals surface area contributed by atoms with Crippen LogP contribution in [0.3, 0.4) is 0 Å². The minimum absolute atomic E-state index is 0.0969. The third-order valence-electron chi connectivity index (χ3n) is 2.22. The molecule has 1 rings (SSSR count). The molecule has 1 aromatic heterocycles. The predicted molar refractivity (Wildman–Crippen MR) is 61.0 cm³/mol. The molecule has 4 N–H and O–H groups in total. The van der Waals surface area contributed by atoms with E-state index < -0.39 is 0 Å². The van der Waals surface area contributed by atoms with Gasteiger partial charge >= 0.3 is 0 Å². The summed E-state index contributed by atoms with van der Waals surface area (Å²) in [6.45, 7) is 4.62. The van der Waals surface area contributed by atoms with Gasteiger partial charge in [0.05, 0.1) is 5.56 Å². The van der Waals surface area contributed by atoms with Crippen molar-refractivity contribution in [1.82, 2.24) is 15.3 Å². The van der Waals surface area contributed by atoms with Gasteiger partial charge in [0.25, 0.3) is 5.56 Å². The molecule has 0 saturated heterocycles. The van der Waals surface area contributed by atoms with Gasteiger partial charge in [0, 0.05) is 13.0 Å². The zero-order valence-corrected chi connectivity index (χ0v) is 9.42. The van der Waals surface area contributed by atoms with Gasteiger partial charge in [-0.1, -0.05) is 13.8 Å². The molecular formula is C10H18N4O. The summed E-state index contributed by atoms with van der Waals surface area (Å²) >= 11 is 0. The summed E-state index contributed by atoms with van der Waals surface area (Å²) in [4.78, 5) is 18.6. The average Bonchev–Trinajstić information content (AvgIpc) is 2.12. The van der Waals surface area contributed by atoms with Crippen molar-refractivity contribution in [2.24, 2.45) is 0 Å². The molecular weight excluding hydrogens is 192 g/mol. The Morgan fingerprint density at radius 1 is 1.53 bits per heavy atom. The Bertz CT molecular complexity index is 383. The summed E-state index contributed by atoms with van der Waals surface area (Å²) in [7, 11) is 1.85. The second kappa shape index (κ2) is 4.93. The maximum atomic E-state index is 11.7. The molecule has 0 aliphatic heterocycles. The van der Waals surface area contributed by atoms with Gasteiger partial charge in [-0.3, -0.25) is 4.79 Å². The van der Waals surface area contributed by atoms with Crippen LogP contribution >= 0.6 is 0 Å². The second-order valence-electron chi connectivity index (χ2n) is 3.82. The minimum atomic E-state index is -0.122. The maximum absolute atomic E-state index is 11.7. The molecule has 1 heterocycles. The molecule has 0 aliphatic rings. The Hall–Kier alpha value is -1.36. The normalized spacial score (nSPS) is 10.9. The molecule has 0 aromatic carbocycles. The highest BCUT2D eigenvalue weighted by molar-refractivity contribution is 5.39. The van der Waals surface area contributed by atoms with E-state index in [1.165, 1.54) is 0 Å². The highest BCUT2D eigenvalue weighted by Gasteiger charge is 2.11. The monoisotopic (exact) mass is 210 g/mol. The molecule has 0 atom stereocenters. The first-order chi connectivity index (χ1) is 7.06. The molecule has 0 radical (unpaired) electrons. The molecule has 5 nitrogen and oxygen atoms in total. The molecule has 15 heavy (non-hydrogen) atoms. The number of anilines is 1. The molecule has 0 fully saturated rings. The summed E-state index contributed by atoms with van der Waals surface area (Å²) in [5.74, 6) is 1.08. The van der Waals surface area contributed by atoms with Crippen molar-refractivity contribution in [1.29, 1.82) is 0 Å². The van der Waals surface area contributed by atoms with Gasteiger partial charge in [-0.2, -0.15) is 0 Å². The van der Waals surface area contributed by atoms with Crippen LogP contribution in [0.25, 0.3) is 0 Å². The molecule has 1 aromatic rings. The van der Waals surface area contributed by atoms with Gasteiger partial charge < -0.3 is 16.0 Å². The number of likely N-dealkylation sites (N-methyl/N-ethyl adjacent to an activating group) is 1. The van der Waals surface area contributed by atoms with Gasteiger partial charge in [0.1, 0.15) is 11.6 Å². The molecule has 0 bridgehead atoms. The largest absolute Gasteiger partial charge is 0.383 e. The third-order valence-corrected chi connectivity index (χ3v) is 2.22. The van der Waals surface area contributed by atoms with E-state index in [9.17, 15) is 4.79 Å². The molecule has 0 saturated carbocycles. The topological polar surface area (TPSA) is 83.8 Å². The Morgan fingerprint density at radius 2 is 2.20 bits per heavy atom. The van der Waals surface area contributed by atoms with Crippen molar-refractivity contribution in [3.8, 4) is 0 Å². The van der Waals surface area contributed by atoms with Crippen LogP contribution in [0.5, 0.6) is 0 Å². The number of rotatable bonds is 4. The van der Waals surface area contributed by atoms with E-state index in [-0.39, 0.29) is 11.5 Å². The number of nitrogens with one attached hydrogen (secondary N) is 2. The van der Waals surface area contributed by atoms with Gasteiger partial charge in [0.2, 0.25) is 0 Å². The summed E-state index contributed by atoms with van der Waals surface area (Å²) in [5, 5.41) is 2.99. The van der Waals surface area contributed by atoms with Crippen LogP contribution in [-0.4, -0.2) is 23.6 Å². The maximum Gasteiger partial charge on any atom is 0.256 e.